The molecule has 1 aromatic rings. The van der Waals surface area contributed by atoms with E-state index in [-0.39, 0.29) is 12.3 Å². The first-order chi connectivity index (χ1) is 7.97. The number of carboxylic acid groups (broad SMARTS) is 1. The van der Waals surface area contributed by atoms with Gasteiger partial charge in [0.2, 0.25) is 5.91 Å². The number of aliphatic carboxylic acids is 1. The number of carbonyl (C=O) groups is 2. The molecule has 17 heavy (non-hydrogen) atoms. The van der Waals surface area contributed by atoms with Crippen molar-refractivity contribution in [2.75, 3.05) is 0 Å². The molecule has 5 heteroatoms. The summed E-state index contributed by atoms with van der Waals surface area (Å²) >= 11 is 0. The highest BCUT2D eigenvalue weighted by Gasteiger charge is 2.08. The Morgan fingerprint density at radius 1 is 1.53 bits per heavy atom. The van der Waals surface area contributed by atoms with Crippen LogP contribution in [-0.4, -0.2) is 23.0 Å². The van der Waals surface area contributed by atoms with E-state index in [1.807, 2.05) is 6.92 Å². The van der Waals surface area contributed by atoms with Gasteiger partial charge in [-0.15, -0.1) is 0 Å². The van der Waals surface area contributed by atoms with Crippen molar-refractivity contribution in [2.45, 2.75) is 26.3 Å². The van der Waals surface area contributed by atoms with Crippen molar-refractivity contribution in [3.8, 4) is 0 Å². The Balaban J connectivity index is 2.44. The number of hydrogen-bond donors (Lipinski definition) is 2. The molecular formula is C12H15NO4. The summed E-state index contributed by atoms with van der Waals surface area (Å²) < 4.78 is 5.24. The Labute approximate surface area is 99.1 Å². The topological polar surface area (TPSA) is 79.5 Å². The molecule has 1 heterocycles. The van der Waals surface area contributed by atoms with Crippen LogP contribution in [-0.2, 0) is 9.59 Å². The number of nitrogens with one attached hydrogen (secondary N) is 1. The lowest BCUT2D eigenvalue weighted by molar-refractivity contribution is -0.137. The number of amides is 1. The van der Waals surface area contributed by atoms with Crippen LogP contribution < -0.4 is 5.32 Å². The van der Waals surface area contributed by atoms with Gasteiger partial charge < -0.3 is 14.8 Å². The molecule has 0 radical (unpaired) electrons. The fraction of sp³-hybridized carbons (Fsp3) is 0.333. The zero-order valence-electron chi connectivity index (χ0n) is 9.77. The van der Waals surface area contributed by atoms with Crippen LogP contribution in [0, 0.1) is 6.92 Å². The molecule has 0 saturated heterocycles. The van der Waals surface area contributed by atoms with Crippen LogP contribution in [0.5, 0.6) is 0 Å². The van der Waals surface area contributed by atoms with Gasteiger partial charge in [0.15, 0.2) is 0 Å². The SMILES string of the molecule is Cc1ccc(/C=C/C(=O)NC(C)CC(=O)O)o1. The van der Waals surface area contributed by atoms with Gasteiger partial charge in [-0.2, -0.15) is 0 Å². The second-order valence-corrected chi connectivity index (χ2v) is 3.79. The molecule has 2 N–H and O–H groups in total. The molecule has 92 valence electrons. The Hall–Kier alpha value is -2.04. The molecule has 0 aliphatic carbocycles. The summed E-state index contributed by atoms with van der Waals surface area (Å²) in [4.78, 5) is 21.8. The minimum absolute atomic E-state index is 0.0978. The van der Waals surface area contributed by atoms with Crippen LogP contribution in [0.25, 0.3) is 6.08 Å². The summed E-state index contributed by atoms with van der Waals surface area (Å²) in [6.45, 7) is 3.45. The summed E-state index contributed by atoms with van der Waals surface area (Å²) in [6.07, 6.45) is 2.76. The second kappa shape index (κ2) is 5.89. The van der Waals surface area contributed by atoms with E-state index in [4.69, 9.17) is 9.52 Å². The average molecular weight is 237 g/mol. The molecule has 0 aromatic carbocycles. The van der Waals surface area contributed by atoms with E-state index in [1.54, 1.807) is 19.1 Å². The smallest absolute Gasteiger partial charge is 0.305 e. The fourth-order valence-corrected chi connectivity index (χ4v) is 1.30. The average Bonchev–Trinajstić information content (AvgIpc) is 2.59. The van der Waals surface area contributed by atoms with Crippen molar-refractivity contribution < 1.29 is 19.1 Å². The third kappa shape index (κ3) is 5.01. The van der Waals surface area contributed by atoms with E-state index in [0.717, 1.165) is 5.76 Å². The van der Waals surface area contributed by atoms with Gasteiger partial charge in [-0.3, -0.25) is 9.59 Å². The Morgan fingerprint density at radius 3 is 2.76 bits per heavy atom. The molecule has 0 aliphatic rings. The zero-order chi connectivity index (χ0) is 12.8. The molecular weight excluding hydrogens is 222 g/mol. The Bertz CT molecular complexity index is 433. The van der Waals surface area contributed by atoms with Crippen LogP contribution in [0.2, 0.25) is 0 Å². The number of hydrogen-bond acceptors (Lipinski definition) is 3. The van der Waals surface area contributed by atoms with Crippen LogP contribution in [0.4, 0.5) is 0 Å². The lowest BCUT2D eigenvalue weighted by atomic mass is 10.2. The first-order valence-corrected chi connectivity index (χ1v) is 5.24. The number of carboxylic acids is 1. The maximum Gasteiger partial charge on any atom is 0.305 e. The van der Waals surface area contributed by atoms with Gasteiger partial charge in [-0.05, 0) is 32.1 Å². The molecule has 1 amide bonds. The van der Waals surface area contributed by atoms with Gasteiger partial charge in [0.1, 0.15) is 11.5 Å². The van der Waals surface area contributed by atoms with Gasteiger partial charge in [0.05, 0.1) is 6.42 Å². The van der Waals surface area contributed by atoms with Crippen molar-refractivity contribution in [2.24, 2.45) is 0 Å². The Morgan fingerprint density at radius 2 is 2.24 bits per heavy atom. The number of aryl methyl sites for hydroxylation is 1. The van der Waals surface area contributed by atoms with Gasteiger partial charge in [0.25, 0.3) is 0 Å². The predicted octanol–water partition coefficient (Wildman–Crippen LogP) is 1.58. The van der Waals surface area contributed by atoms with E-state index >= 15 is 0 Å². The minimum Gasteiger partial charge on any atom is -0.481 e. The van der Waals surface area contributed by atoms with Gasteiger partial charge >= 0.3 is 5.97 Å². The van der Waals surface area contributed by atoms with Gasteiger partial charge in [-0.25, -0.2) is 0 Å². The summed E-state index contributed by atoms with van der Waals surface area (Å²) in [6, 6.07) is 3.15. The van der Waals surface area contributed by atoms with Crippen LogP contribution in [0.3, 0.4) is 0 Å². The molecule has 0 fully saturated rings. The first-order valence-electron chi connectivity index (χ1n) is 5.24. The van der Waals surface area contributed by atoms with Crippen molar-refractivity contribution in [3.05, 3.63) is 29.7 Å². The molecule has 1 atom stereocenters. The van der Waals surface area contributed by atoms with Crippen LogP contribution in [0.15, 0.2) is 22.6 Å². The number of furan rings is 1. The Kier molecular flexibility index (Phi) is 4.51. The number of rotatable bonds is 5. The molecule has 0 spiro atoms. The predicted molar refractivity (Wildman–Crippen MR) is 62.3 cm³/mol. The highest BCUT2D eigenvalue weighted by molar-refractivity contribution is 5.91. The summed E-state index contributed by atoms with van der Waals surface area (Å²) in [5, 5.41) is 11.1. The standard InChI is InChI=1S/C12H15NO4/c1-8(7-12(15)16)13-11(14)6-5-10-4-3-9(2)17-10/h3-6,8H,7H2,1-2H3,(H,13,14)(H,15,16)/b6-5+. The fourth-order valence-electron chi connectivity index (χ4n) is 1.30. The summed E-state index contributed by atoms with van der Waals surface area (Å²) in [7, 11) is 0. The normalized spacial score (nSPS) is 12.6. The van der Waals surface area contributed by atoms with E-state index in [2.05, 4.69) is 5.32 Å². The largest absolute Gasteiger partial charge is 0.481 e. The molecule has 1 aromatic heterocycles. The summed E-state index contributed by atoms with van der Waals surface area (Å²) in [5.74, 6) is 0.0732. The molecule has 1 rings (SSSR count). The maximum atomic E-state index is 11.4. The minimum atomic E-state index is -0.941. The van der Waals surface area contributed by atoms with Gasteiger partial charge in [0, 0.05) is 12.1 Å². The van der Waals surface area contributed by atoms with Gasteiger partial charge in [-0.1, -0.05) is 0 Å². The molecule has 0 aliphatic heterocycles. The third-order valence-corrected chi connectivity index (χ3v) is 2.03. The molecule has 1 unspecified atom stereocenters. The third-order valence-electron chi connectivity index (χ3n) is 2.03. The second-order valence-electron chi connectivity index (χ2n) is 3.79. The lowest BCUT2D eigenvalue weighted by Crippen LogP contribution is -2.32. The molecule has 5 nitrogen and oxygen atoms in total. The summed E-state index contributed by atoms with van der Waals surface area (Å²) in [5.41, 5.74) is 0. The molecule has 0 bridgehead atoms. The van der Waals surface area contributed by atoms with E-state index in [9.17, 15) is 9.59 Å². The number of carbonyl (C=O) groups excluding carboxylic acids is 1. The highest BCUT2D eigenvalue weighted by atomic mass is 16.4. The van der Waals surface area contributed by atoms with E-state index < -0.39 is 12.0 Å². The van der Waals surface area contributed by atoms with E-state index in [1.165, 1.54) is 12.2 Å². The quantitative estimate of drug-likeness (QED) is 0.762. The lowest BCUT2D eigenvalue weighted by Gasteiger charge is -2.08. The van der Waals surface area contributed by atoms with Crippen molar-refractivity contribution >= 4 is 18.0 Å². The van der Waals surface area contributed by atoms with Crippen molar-refractivity contribution in [1.29, 1.82) is 0 Å². The van der Waals surface area contributed by atoms with Crippen LogP contribution >= 0.6 is 0 Å². The zero-order valence-corrected chi connectivity index (χ0v) is 9.77. The monoisotopic (exact) mass is 237 g/mol. The highest BCUT2D eigenvalue weighted by Crippen LogP contribution is 2.07. The maximum absolute atomic E-state index is 11.4. The van der Waals surface area contributed by atoms with Crippen LogP contribution in [0.1, 0.15) is 24.9 Å². The van der Waals surface area contributed by atoms with E-state index in [0.29, 0.717) is 5.76 Å². The van der Waals surface area contributed by atoms with Crippen molar-refractivity contribution in [3.63, 3.8) is 0 Å². The first kappa shape index (κ1) is 13.0. The molecule has 0 saturated carbocycles. The van der Waals surface area contributed by atoms with Crippen molar-refractivity contribution in [1.82, 2.24) is 5.32 Å².